The van der Waals surface area contributed by atoms with E-state index in [9.17, 15) is 4.79 Å². The molecular weight excluding hydrogens is 240 g/mol. The van der Waals surface area contributed by atoms with E-state index >= 15 is 0 Å². The van der Waals surface area contributed by atoms with Crippen LogP contribution in [-0.4, -0.2) is 43.2 Å². The van der Waals surface area contributed by atoms with Gasteiger partial charge in [-0.3, -0.25) is 4.79 Å². The van der Waals surface area contributed by atoms with E-state index in [-0.39, 0.29) is 12.0 Å². The van der Waals surface area contributed by atoms with E-state index in [4.69, 9.17) is 10.5 Å². The maximum absolute atomic E-state index is 12.2. The fourth-order valence-corrected chi connectivity index (χ4v) is 2.42. The highest BCUT2D eigenvalue weighted by molar-refractivity contribution is 5.81. The number of amides is 1. The summed E-state index contributed by atoms with van der Waals surface area (Å²) >= 11 is 0. The minimum atomic E-state index is -0.478. The van der Waals surface area contributed by atoms with E-state index in [1.807, 2.05) is 30.3 Å². The normalized spacial score (nSPS) is 20.2. The fourth-order valence-electron chi connectivity index (χ4n) is 2.42. The van der Waals surface area contributed by atoms with Crippen LogP contribution in [0.4, 0.5) is 0 Å². The molecule has 2 rings (SSSR count). The zero-order chi connectivity index (χ0) is 13.7. The van der Waals surface area contributed by atoms with Crippen LogP contribution in [-0.2, 0) is 16.0 Å². The summed E-state index contributed by atoms with van der Waals surface area (Å²) in [4.78, 5) is 13.9. The number of hydrogen-bond donors (Lipinski definition) is 1. The maximum Gasteiger partial charge on any atom is 0.239 e. The van der Waals surface area contributed by atoms with Crippen molar-refractivity contribution in [2.75, 3.05) is 20.2 Å². The first kappa shape index (κ1) is 14.0. The van der Waals surface area contributed by atoms with Crippen molar-refractivity contribution < 1.29 is 9.53 Å². The minimum absolute atomic E-state index is 0.0145. The van der Waals surface area contributed by atoms with Crippen LogP contribution < -0.4 is 5.73 Å². The summed E-state index contributed by atoms with van der Waals surface area (Å²) in [5, 5.41) is 0. The Morgan fingerprint density at radius 1 is 1.47 bits per heavy atom. The Balaban J connectivity index is 1.84. The van der Waals surface area contributed by atoms with Crippen LogP contribution in [0.1, 0.15) is 18.4 Å². The van der Waals surface area contributed by atoms with Gasteiger partial charge in [0, 0.05) is 20.2 Å². The average Bonchev–Trinajstić information content (AvgIpc) is 2.91. The van der Waals surface area contributed by atoms with Crippen molar-refractivity contribution in [1.29, 1.82) is 0 Å². The highest BCUT2D eigenvalue weighted by Gasteiger charge is 2.23. The predicted molar refractivity (Wildman–Crippen MR) is 74.7 cm³/mol. The molecule has 2 atom stereocenters. The molecular formula is C15H22N2O2. The molecule has 4 nitrogen and oxygen atoms in total. The molecule has 104 valence electrons. The first-order valence-corrected chi connectivity index (χ1v) is 6.83. The molecule has 1 amide bonds. The lowest BCUT2D eigenvalue weighted by atomic mass is 10.1. The van der Waals surface area contributed by atoms with Crippen molar-refractivity contribution in [3.05, 3.63) is 35.9 Å². The highest BCUT2D eigenvalue weighted by Crippen LogP contribution is 2.13. The quantitative estimate of drug-likeness (QED) is 0.867. The van der Waals surface area contributed by atoms with Gasteiger partial charge in [-0.15, -0.1) is 0 Å². The van der Waals surface area contributed by atoms with Gasteiger partial charge in [0.15, 0.2) is 0 Å². The Hall–Kier alpha value is -1.39. The molecule has 2 N–H and O–H groups in total. The first-order valence-electron chi connectivity index (χ1n) is 6.83. The van der Waals surface area contributed by atoms with E-state index in [0.29, 0.717) is 13.0 Å². The monoisotopic (exact) mass is 262 g/mol. The van der Waals surface area contributed by atoms with Gasteiger partial charge in [-0.05, 0) is 24.8 Å². The van der Waals surface area contributed by atoms with Gasteiger partial charge in [0.2, 0.25) is 5.91 Å². The smallest absolute Gasteiger partial charge is 0.239 e. The van der Waals surface area contributed by atoms with E-state index < -0.39 is 6.04 Å². The summed E-state index contributed by atoms with van der Waals surface area (Å²) in [6.07, 6.45) is 2.88. The number of carbonyl (C=O) groups excluding carboxylic acids is 1. The number of benzene rings is 1. The lowest BCUT2D eigenvalue weighted by Crippen LogP contribution is -2.45. The van der Waals surface area contributed by atoms with Crippen molar-refractivity contribution in [2.45, 2.75) is 31.4 Å². The number of carbonyl (C=O) groups is 1. The second-order valence-electron chi connectivity index (χ2n) is 5.15. The number of nitrogens with zero attached hydrogens (tertiary/aromatic N) is 1. The van der Waals surface area contributed by atoms with Crippen molar-refractivity contribution in [3.8, 4) is 0 Å². The van der Waals surface area contributed by atoms with Gasteiger partial charge in [-0.1, -0.05) is 30.3 Å². The van der Waals surface area contributed by atoms with Crippen LogP contribution >= 0.6 is 0 Å². The Bertz CT molecular complexity index is 402. The molecule has 1 saturated heterocycles. The first-order chi connectivity index (χ1) is 9.16. The van der Waals surface area contributed by atoms with Crippen LogP contribution in [0.25, 0.3) is 0 Å². The van der Waals surface area contributed by atoms with Crippen LogP contribution in [0, 0.1) is 0 Å². The van der Waals surface area contributed by atoms with Crippen molar-refractivity contribution in [3.63, 3.8) is 0 Å². The summed E-state index contributed by atoms with van der Waals surface area (Å²) in [5.41, 5.74) is 7.08. The van der Waals surface area contributed by atoms with Gasteiger partial charge in [0.25, 0.3) is 0 Å². The highest BCUT2D eigenvalue weighted by atomic mass is 16.5. The molecule has 4 heteroatoms. The second-order valence-corrected chi connectivity index (χ2v) is 5.15. The molecule has 0 bridgehead atoms. The lowest BCUT2D eigenvalue weighted by Gasteiger charge is -2.24. The summed E-state index contributed by atoms with van der Waals surface area (Å²) in [5.74, 6) is -0.0145. The van der Waals surface area contributed by atoms with Gasteiger partial charge >= 0.3 is 0 Å². The van der Waals surface area contributed by atoms with Gasteiger partial charge in [-0.2, -0.15) is 0 Å². The topological polar surface area (TPSA) is 55.6 Å². The van der Waals surface area contributed by atoms with Gasteiger partial charge in [0.1, 0.15) is 0 Å². The molecule has 0 aliphatic carbocycles. The number of likely N-dealkylation sites (N-methyl/N-ethyl adjacent to an activating group) is 1. The van der Waals surface area contributed by atoms with Crippen LogP contribution in [0.3, 0.4) is 0 Å². The molecule has 1 aromatic rings. The maximum atomic E-state index is 12.2. The molecule has 0 radical (unpaired) electrons. The molecule has 1 aliphatic heterocycles. The molecule has 1 aromatic carbocycles. The summed E-state index contributed by atoms with van der Waals surface area (Å²) in [6.45, 7) is 1.45. The summed E-state index contributed by atoms with van der Waals surface area (Å²) < 4.78 is 5.54. The Morgan fingerprint density at radius 3 is 2.84 bits per heavy atom. The predicted octanol–water partition coefficient (Wildman–Crippen LogP) is 1.19. The van der Waals surface area contributed by atoms with E-state index in [0.717, 1.165) is 25.0 Å². The summed E-state index contributed by atoms with van der Waals surface area (Å²) in [7, 11) is 1.80. The van der Waals surface area contributed by atoms with Gasteiger partial charge < -0.3 is 15.4 Å². The van der Waals surface area contributed by atoms with Crippen LogP contribution in [0.2, 0.25) is 0 Å². The Morgan fingerprint density at radius 2 is 2.21 bits per heavy atom. The molecule has 0 spiro atoms. The van der Waals surface area contributed by atoms with Crippen molar-refractivity contribution in [2.24, 2.45) is 5.73 Å². The second kappa shape index (κ2) is 6.68. The molecule has 0 aromatic heterocycles. The molecule has 19 heavy (non-hydrogen) atoms. The largest absolute Gasteiger partial charge is 0.376 e. The van der Waals surface area contributed by atoms with Crippen molar-refractivity contribution in [1.82, 2.24) is 4.90 Å². The molecule has 0 saturated carbocycles. The fraction of sp³-hybridized carbons (Fsp3) is 0.533. The van der Waals surface area contributed by atoms with Gasteiger partial charge in [0.05, 0.1) is 12.1 Å². The van der Waals surface area contributed by atoms with E-state index in [1.165, 1.54) is 0 Å². The number of hydrogen-bond acceptors (Lipinski definition) is 3. The third kappa shape index (κ3) is 4.04. The van der Waals surface area contributed by atoms with Crippen LogP contribution in [0.5, 0.6) is 0 Å². The molecule has 1 aliphatic rings. The third-order valence-corrected chi connectivity index (χ3v) is 3.49. The Kier molecular flexibility index (Phi) is 4.93. The molecule has 1 heterocycles. The SMILES string of the molecule is CN(CC1CCCO1)C(=O)[C@@H](N)Cc1ccccc1. The van der Waals surface area contributed by atoms with E-state index in [1.54, 1.807) is 11.9 Å². The number of ether oxygens (including phenoxy) is 1. The average molecular weight is 262 g/mol. The lowest BCUT2D eigenvalue weighted by molar-refractivity contribution is -0.132. The van der Waals surface area contributed by atoms with E-state index in [2.05, 4.69) is 0 Å². The molecule has 1 fully saturated rings. The standard InChI is InChI=1S/C15H22N2O2/c1-17(11-13-8-5-9-19-13)15(18)14(16)10-12-6-3-2-4-7-12/h2-4,6-7,13-14H,5,8-11,16H2,1H3/t13?,14-/m0/s1. The number of nitrogens with two attached hydrogens (primary N) is 1. The summed E-state index contributed by atoms with van der Waals surface area (Å²) in [6, 6.07) is 9.39. The zero-order valence-electron chi connectivity index (χ0n) is 11.4. The van der Waals surface area contributed by atoms with Crippen LogP contribution in [0.15, 0.2) is 30.3 Å². The van der Waals surface area contributed by atoms with Crippen molar-refractivity contribution >= 4 is 5.91 Å². The minimum Gasteiger partial charge on any atom is -0.376 e. The molecule has 1 unspecified atom stereocenters. The zero-order valence-corrected chi connectivity index (χ0v) is 11.4. The Labute approximate surface area is 114 Å². The third-order valence-electron chi connectivity index (χ3n) is 3.49. The van der Waals surface area contributed by atoms with Gasteiger partial charge in [-0.25, -0.2) is 0 Å². The number of rotatable bonds is 5.